The molecule has 2 N–H and O–H groups in total. The van der Waals surface area contributed by atoms with E-state index in [1.165, 1.54) is 44.6 Å². The van der Waals surface area contributed by atoms with Crippen LogP contribution in [0.25, 0.3) is 0 Å². The number of ether oxygens (including phenoxy) is 1. The normalized spacial score (nSPS) is 24.1. The number of hydrogen-bond donors (Lipinski definition) is 2. The van der Waals surface area contributed by atoms with Crippen LogP contribution in [0.15, 0.2) is 48.0 Å². The highest BCUT2D eigenvalue weighted by Crippen LogP contribution is 2.41. The molecule has 0 radical (unpaired) electrons. The van der Waals surface area contributed by atoms with Gasteiger partial charge in [0.05, 0.1) is 18.5 Å². The lowest BCUT2D eigenvalue weighted by Gasteiger charge is -2.48. The van der Waals surface area contributed by atoms with Crippen LogP contribution in [0.1, 0.15) is 58.4 Å². The highest BCUT2D eigenvalue weighted by molar-refractivity contribution is 7.70. The van der Waals surface area contributed by atoms with Crippen molar-refractivity contribution < 1.29 is 9.30 Å². The molecule has 46 heavy (non-hydrogen) atoms. The van der Waals surface area contributed by atoms with Crippen LogP contribution in [0.4, 0.5) is 17.5 Å². The van der Waals surface area contributed by atoms with Crippen LogP contribution in [-0.4, -0.2) is 111 Å². The molecular weight excluding hydrogens is 592 g/mol. The molecule has 1 aliphatic carbocycles. The van der Waals surface area contributed by atoms with Crippen molar-refractivity contribution in [2.45, 2.75) is 65.0 Å². The summed E-state index contributed by atoms with van der Waals surface area (Å²) in [5, 5.41) is 7.81. The predicted molar refractivity (Wildman–Crippen MR) is 196 cm³/mol. The van der Waals surface area contributed by atoms with E-state index >= 15 is 0 Å². The largest absolute Gasteiger partial charge is 0.495 e. The molecule has 2 saturated heterocycles. The molecule has 2 aromatic rings. The van der Waals surface area contributed by atoms with Gasteiger partial charge in [0.1, 0.15) is 26.6 Å². The highest BCUT2D eigenvalue weighted by Gasteiger charge is 2.40. The van der Waals surface area contributed by atoms with Gasteiger partial charge in [-0.2, -0.15) is 4.98 Å². The van der Waals surface area contributed by atoms with E-state index in [2.05, 4.69) is 89.3 Å². The molecule has 250 valence electrons. The SMILES string of the molecule is Bc1cnc(NC2=CC(C)(CC)C(N3CCC(N4CCN(C)CC4)CC3)C=C2OC)nc1Nc1ccc(C(C)C)cc1P(C)(C)=O. The molecule has 2 unspecified atom stereocenters. The minimum Gasteiger partial charge on any atom is -0.495 e. The van der Waals surface area contributed by atoms with Gasteiger partial charge in [-0.05, 0) is 80.9 Å². The molecular formula is C35H55BN7O2P. The van der Waals surface area contributed by atoms with Crippen LogP contribution >= 0.6 is 7.14 Å². The predicted octanol–water partition coefficient (Wildman–Crippen LogP) is 4.19. The summed E-state index contributed by atoms with van der Waals surface area (Å²) < 4.78 is 19.3. The molecule has 2 fully saturated rings. The van der Waals surface area contributed by atoms with Crippen molar-refractivity contribution >= 4 is 43.2 Å². The average molecular weight is 648 g/mol. The summed E-state index contributed by atoms with van der Waals surface area (Å²) in [5.74, 6) is 2.34. The third-order valence-corrected chi connectivity index (χ3v) is 11.9. The van der Waals surface area contributed by atoms with Crippen molar-refractivity contribution in [1.29, 1.82) is 0 Å². The topological polar surface area (TPSA) is 85.9 Å². The fraction of sp³-hybridized carbons (Fsp3) is 0.600. The van der Waals surface area contributed by atoms with E-state index in [4.69, 9.17) is 9.72 Å². The molecule has 5 rings (SSSR count). The smallest absolute Gasteiger partial charge is 0.229 e. The monoisotopic (exact) mass is 647 g/mol. The van der Waals surface area contributed by atoms with E-state index < -0.39 is 7.14 Å². The molecule has 11 heteroatoms. The standard InChI is InChI=1S/C35H55BN7O2P/c1-9-35(4)22-29(30(45-6)21-32(35)43-14-12-26(13-15-43)42-18-16-41(5)17-19-42)39-34-37-23-27(36)33(40-34)38-28-11-10-25(24(2)3)20-31(28)46(7,8)44/h10-11,20-24,26,32H,9,12-19,36H2,1-8H3,(H2,37,38,39,40). The first-order valence-corrected chi connectivity index (χ1v) is 19.6. The Balaban J connectivity index is 1.33. The minimum absolute atomic E-state index is 0.0761. The molecule has 1 aromatic carbocycles. The number of benzene rings is 1. The van der Waals surface area contributed by atoms with Gasteiger partial charge in [0.25, 0.3) is 0 Å². The first-order chi connectivity index (χ1) is 21.8. The van der Waals surface area contributed by atoms with Crippen LogP contribution in [0.3, 0.4) is 0 Å². The zero-order valence-corrected chi connectivity index (χ0v) is 30.5. The molecule has 0 bridgehead atoms. The Morgan fingerprint density at radius 3 is 2.39 bits per heavy atom. The van der Waals surface area contributed by atoms with Crippen LogP contribution in [0, 0.1) is 5.41 Å². The van der Waals surface area contributed by atoms with Crippen LogP contribution in [0.5, 0.6) is 0 Å². The zero-order valence-electron chi connectivity index (χ0n) is 29.6. The second-order valence-electron chi connectivity index (χ2n) is 14.5. The molecule has 0 amide bonds. The van der Waals surface area contributed by atoms with Gasteiger partial charge in [-0.1, -0.05) is 33.8 Å². The van der Waals surface area contributed by atoms with Gasteiger partial charge in [0.2, 0.25) is 5.95 Å². The number of rotatable bonds is 10. The van der Waals surface area contributed by atoms with Crippen molar-refractivity contribution in [2.75, 3.05) is 77.4 Å². The van der Waals surface area contributed by atoms with Gasteiger partial charge in [-0.3, -0.25) is 9.80 Å². The Morgan fingerprint density at radius 1 is 1.09 bits per heavy atom. The van der Waals surface area contributed by atoms with Crippen molar-refractivity contribution in [3.63, 3.8) is 0 Å². The van der Waals surface area contributed by atoms with E-state index in [1.807, 2.05) is 33.4 Å². The van der Waals surface area contributed by atoms with Crippen molar-refractivity contribution in [1.82, 2.24) is 24.7 Å². The maximum absolute atomic E-state index is 13.3. The Morgan fingerprint density at radius 2 is 1.78 bits per heavy atom. The first kappa shape index (κ1) is 34.7. The molecule has 2 aliphatic heterocycles. The molecule has 9 nitrogen and oxygen atoms in total. The third kappa shape index (κ3) is 7.73. The van der Waals surface area contributed by atoms with Crippen LogP contribution in [-0.2, 0) is 9.30 Å². The summed E-state index contributed by atoms with van der Waals surface area (Å²) in [6, 6.07) is 7.14. The van der Waals surface area contributed by atoms with E-state index in [0.29, 0.717) is 23.7 Å². The number of nitrogens with zero attached hydrogens (tertiary/aromatic N) is 5. The third-order valence-electron chi connectivity index (χ3n) is 10.4. The summed E-state index contributed by atoms with van der Waals surface area (Å²) in [4.78, 5) is 17.3. The quantitative estimate of drug-likeness (QED) is 0.292. The van der Waals surface area contributed by atoms with Crippen LogP contribution in [0.2, 0.25) is 0 Å². The molecule has 3 aliphatic rings. The Labute approximate surface area is 278 Å². The lowest BCUT2D eigenvalue weighted by atomic mass is 9.74. The number of hydrogen-bond acceptors (Lipinski definition) is 9. The maximum Gasteiger partial charge on any atom is 0.229 e. The lowest BCUT2D eigenvalue weighted by Crippen LogP contribution is -2.55. The fourth-order valence-electron chi connectivity index (χ4n) is 7.07. The van der Waals surface area contributed by atoms with Gasteiger partial charge >= 0.3 is 0 Å². The minimum atomic E-state index is -2.54. The second-order valence-corrected chi connectivity index (χ2v) is 17.6. The number of likely N-dealkylation sites (N-methyl/N-ethyl adjacent to an activating group) is 1. The van der Waals surface area contributed by atoms with Crippen LogP contribution < -0.4 is 21.4 Å². The number of nitrogens with one attached hydrogen (secondary N) is 2. The van der Waals surface area contributed by atoms with Crippen molar-refractivity contribution in [2.24, 2.45) is 5.41 Å². The molecule has 0 saturated carbocycles. The number of piperazine rings is 1. The number of methoxy groups -OCH3 is 1. The Kier molecular flexibility index (Phi) is 10.7. The van der Waals surface area contributed by atoms with E-state index in [-0.39, 0.29) is 11.5 Å². The molecule has 3 heterocycles. The van der Waals surface area contributed by atoms with Gasteiger partial charge in [0, 0.05) is 68.3 Å². The number of likely N-dealkylation sites (tertiary alicyclic amines) is 1. The summed E-state index contributed by atoms with van der Waals surface area (Å²) >= 11 is 0. The van der Waals surface area contributed by atoms with Gasteiger partial charge in [0.15, 0.2) is 0 Å². The van der Waals surface area contributed by atoms with E-state index in [0.717, 1.165) is 47.4 Å². The highest BCUT2D eigenvalue weighted by atomic mass is 31.2. The lowest BCUT2D eigenvalue weighted by molar-refractivity contribution is 0.0409. The number of piperidine rings is 1. The maximum atomic E-state index is 13.3. The second kappa shape index (κ2) is 14.2. The average Bonchev–Trinajstić information content (AvgIpc) is 3.03. The molecule has 1 aromatic heterocycles. The fourth-order valence-corrected chi connectivity index (χ4v) is 8.24. The number of anilines is 3. The summed E-state index contributed by atoms with van der Waals surface area (Å²) in [5.41, 5.74) is 3.71. The summed E-state index contributed by atoms with van der Waals surface area (Å²) in [6.45, 7) is 19.5. The van der Waals surface area contributed by atoms with Gasteiger partial charge in [-0.25, -0.2) is 4.98 Å². The zero-order chi connectivity index (χ0) is 33.2. The van der Waals surface area contributed by atoms with Crippen molar-refractivity contribution in [3.05, 3.63) is 53.6 Å². The number of aromatic nitrogens is 2. The van der Waals surface area contributed by atoms with Gasteiger partial charge in [-0.15, -0.1) is 0 Å². The molecule has 2 atom stereocenters. The van der Waals surface area contributed by atoms with E-state index in [1.54, 1.807) is 7.11 Å². The Bertz CT molecular complexity index is 1490. The van der Waals surface area contributed by atoms with Crippen molar-refractivity contribution in [3.8, 4) is 0 Å². The summed E-state index contributed by atoms with van der Waals surface area (Å²) in [6.07, 6.45) is 9.88. The summed E-state index contributed by atoms with van der Waals surface area (Å²) in [7, 11) is 3.41. The Hall–Kier alpha value is -2.65. The molecule has 0 spiro atoms. The van der Waals surface area contributed by atoms with E-state index in [9.17, 15) is 4.57 Å². The van der Waals surface area contributed by atoms with Gasteiger partial charge < -0.3 is 24.8 Å². The first-order valence-electron chi connectivity index (χ1n) is 17.0.